The molecule has 2 heteroatoms. The van der Waals surface area contributed by atoms with Gasteiger partial charge in [-0.2, -0.15) is 0 Å². The summed E-state index contributed by atoms with van der Waals surface area (Å²) in [5.74, 6) is 0. The molecular formula is C15H23NO. The van der Waals surface area contributed by atoms with Crippen molar-refractivity contribution in [3.05, 3.63) is 34.9 Å². The van der Waals surface area contributed by atoms with Gasteiger partial charge >= 0.3 is 0 Å². The van der Waals surface area contributed by atoms with Crippen LogP contribution in [-0.4, -0.2) is 17.7 Å². The molecule has 0 aliphatic heterocycles. The van der Waals surface area contributed by atoms with Crippen molar-refractivity contribution in [2.75, 3.05) is 6.54 Å². The van der Waals surface area contributed by atoms with E-state index in [9.17, 15) is 5.11 Å². The fourth-order valence-electron chi connectivity index (χ4n) is 2.66. The van der Waals surface area contributed by atoms with Crippen molar-refractivity contribution in [2.24, 2.45) is 0 Å². The number of aryl methyl sites for hydroxylation is 2. The van der Waals surface area contributed by atoms with Crippen LogP contribution in [0.4, 0.5) is 0 Å². The highest BCUT2D eigenvalue weighted by atomic mass is 16.3. The first-order valence-electron chi connectivity index (χ1n) is 6.75. The van der Waals surface area contributed by atoms with E-state index >= 15 is 0 Å². The van der Waals surface area contributed by atoms with Gasteiger partial charge in [0.05, 0.1) is 6.10 Å². The van der Waals surface area contributed by atoms with Gasteiger partial charge in [-0.05, 0) is 55.8 Å². The minimum Gasteiger partial charge on any atom is -0.387 e. The number of aliphatic hydroxyl groups is 1. The molecule has 0 saturated heterocycles. The van der Waals surface area contributed by atoms with E-state index in [0.29, 0.717) is 0 Å². The minimum absolute atomic E-state index is 0.113. The average Bonchev–Trinajstić information content (AvgIpc) is 2.37. The number of hydrogen-bond acceptors (Lipinski definition) is 2. The highest BCUT2D eigenvalue weighted by Crippen LogP contribution is 2.25. The number of rotatable bonds is 4. The van der Waals surface area contributed by atoms with Crippen molar-refractivity contribution in [1.82, 2.24) is 5.32 Å². The number of likely N-dealkylation sites (N-methyl/N-ethyl adjacent to an activating group) is 1. The van der Waals surface area contributed by atoms with Gasteiger partial charge in [0.1, 0.15) is 0 Å². The Balaban J connectivity index is 2.15. The predicted molar refractivity (Wildman–Crippen MR) is 71.2 cm³/mol. The van der Waals surface area contributed by atoms with Crippen LogP contribution in [0.5, 0.6) is 0 Å². The second kappa shape index (κ2) is 5.65. The maximum atomic E-state index is 10.3. The molecule has 0 radical (unpaired) electrons. The Labute approximate surface area is 104 Å². The molecule has 1 aliphatic rings. The van der Waals surface area contributed by atoms with E-state index in [0.717, 1.165) is 12.1 Å². The second-order valence-electron chi connectivity index (χ2n) is 5.03. The monoisotopic (exact) mass is 233 g/mol. The summed E-state index contributed by atoms with van der Waals surface area (Å²) >= 11 is 0. The zero-order valence-electron chi connectivity index (χ0n) is 10.9. The molecule has 1 aromatic rings. The van der Waals surface area contributed by atoms with Gasteiger partial charge in [0.2, 0.25) is 0 Å². The summed E-state index contributed by atoms with van der Waals surface area (Å²) in [6.45, 7) is 4.99. The molecule has 0 heterocycles. The van der Waals surface area contributed by atoms with Crippen LogP contribution in [-0.2, 0) is 12.8 Å². The molecule has 0 bridgehead atoms. The van der Waals surface area contributed by atoms with Gasteiger partial charge in [0.25, 0.3) is 0 Å². The summed E-state index contributed by atoms with van der Waals surface area (Å²) in [5.41, 5.74) is 3.97. The lowest BCUT2D eigenvalue weighted by Crippen LogP contribution is -2.32. The van der Waals surface area contributed by atoms with E-state index in [2.05, 4.69) is 30.4 Å². The van der Waals surface area contributed by atoms with Crippen molar-refractivity contribution in [2.45, 2.75) is 51.7 Å². The molecule has 2 nitrogen and oxygen atoms in total. The maximum Gasteiger partial charge on any atom is 0.0940 e. The van der Waals surface area contributed by atoms with Crippen molar-refractivity contribution in [1.29, 1.82) is 0 Å². The number of nitrogens with one attached hydrogen (secondary N) is 1. The van der Waals surface area contributed by atoms with E-state index in [1.807, 2.05) is 6.92 Å². The summed E-state index contributed by atoms with van der Waals surface area (Å²) < 4.78 is 0. The van der Waals surface area contributed by atoms with Gasteiger partial charge in [0.15, 0.2) is 0 Å². The van der Waals surface area contributed by atoms with Gasteiger partial charge in [-0.1, -0.05) is 25.1 Å². The van der Waals surface area contributed by atoms with Gasteiger partial charge in [0, 0.05) is 6.04 Å². The molecule has 2 unspecified atom stereocenters. The van der Waals surface area contributed by atoms with Crippen LogP contribution in [0, 0.1) is 0 Å². The van der Waals surface area contributed by atoms with Gasteiger partial charge in [-0.15, -0.1) is 0 Å². The van der Waals surface area contributed by atoms with Crippen molar-refractivity contribution in [3.63, 3.8) is 0 Å². The van der Waals surface area contributed by atoms with Crippen LogP contribution >= 0.6 is 0 Å². The second-order valence-corrected chi connectivity index (χ2v) is 5.03. The summed E-state index contributed by atoms with van der Waals surface area (Å²) in [6.07, 6.45) is 4.57. The van der Waals surface area contributed by atoms with Crippen LogP contribution in [0.2, 0.25) is 0 Å². The van der Waals surface area contributed by atoms with E-state index in [-0.39, 0.29) is 6.04 Å². The van der Waals surface area contributed by atoms with Crippen LogP contribution in [0.1, 0.15) is 49.5 Å². The summed E-state index contributed by atoms with van der Waals surface area (Å²) in [5, 5.41) is 13.5. The Hall–Kier alpha value is -0.860. The number of hydrogen-bond donors (Lipinski definition) is 2. The Morgan fingerprint density at radius 1 is 1.24 bits per heavy atom. The first-order chi connectivity index (χ1) is 8.22. The van der Waals surface area contributed by atoms with Crippen LogP contribution < -0.4 is 5.32 Å². The Bertz CT molecular complexity index is 375. The number of aliphatic hydroxyl groups excluding tert-OH is 1. The molecule has 0 aromatic heterocycles. The van der Waals surface area contributed by atoms with Crippen LogP contribution in [0.25, 0.3) is 0 Å². The molecular weight excluding hydrogens is 210 g/mol. The van der Waals surface area contributed by atoms with E-state index in [1.54, 1.807) is 0 Å². The third-order valence-electron chi connectivity index (χ3n) is 3.71. The molecule has 2 rings (SSSR count). The smallest absolute Gasteiger partial charge is 0.0940 e. The Morgan fingerprint density at radius 2 is 1.94 bits per heavy atom. The topological polar surface area (TPSA) is 32.3 Å². The molecule has 17 heavy (non-hydrogen) atoms. The van der Waals surface area contributed by atoms with E-state index in [4.69, 9.17) is 0 Å². The molecule has 94 valence electrons. The first kappa shape index (κ1) is 12.6. The number of fused-ring (bicyclic) bond motifs is 1. The molecule has 0 fully saturated rings. The number of benzene rings is 1. The lowest BCUT2D eigenvalue weighted by molar-refractivity contribution is 0.137. The molecule has 0 spiro atoms. The quantitative estimate of drug-likeness (QED) is 0.838. The van der Waals surface area contributed by atoms with Gasteiger partial charge < -0.3 is 10.4 Å². The molecule has 1 aliphatic carbocycles. The highest BCUT2D eigenvalue weighted by molar-refractivity contribution is 5.35. The van der Waals surface area contributed by atoms with Crippen LogP contribution in [0.15, 0.2) is 18.2 Å². The van der Waals surface area contributed by atoms with Gasteiger partial charge in [-0.25, -0.2) is 0 Å². The maximum absolute atomic E-state index is 10.3. The summed E-state index contributed by atoms with van der Waals surface area (Å²) in [7, 11) is 0. The SMILES string of the molecule is CCNC(C)C(O)c1ccc2c(c1)CCCC2. The van der Waals surface area contributed by atoms with Crippen molar-refractivity contribution in [3.8, 4) is 0 Å². The Morgan fingerprint density at radius 3 is 2.65 bits per heavy atom. The Kier molecular flexibility index (Phi) is 4.19. The lowest BCUT2D eigenvalue weighted by atomic mass is 9.89. The fraction of sp³-hybridized carbons (Fsp3) is 0.600. The molecule has 2 N–H and O–H groups in total. The average molecular weight is 233 g/mol. The van der Waals surface area contributed by atoms with Crippen LogP contribution in [0.3, 0.4) is 0 Å². The van der Waals surface area contributed by atoms with E-state index in [1.165, 1.54) is 36.8 Å². The highest BCUT2D eigenvalue weighted by Gasteiger charge is 2.17. The molecule has 0 saturated carbocycles. The van der Waals surface area contributed by atoms with Crippen molar-refractivity contribution < 1.29 is 5.11 Å². The minimum atomic E-state index is -0.401. The third-order valence-corrected chi connectivity index (χ3v) is 3.71. The van der Waals surface area contributed by atoms with Crippen molar-refractivity contribution >= 4 is 0 Å². The third kappa shape index (κ3) is 2.88. The molecule has 2 atom stereocenters. The predicted octanol–water partition coefficient (Wildman–Crippen LogP) is 2.60. The summed E-state index contributed by atoms with van der Waals surface area (Å²) in [4.78, 5) is 0. The summed E-state index contributed by atoms with van der Waals surface area (Å²) in [6, 6.07) is 6.60. The molecule has 0 amide bonds. The molecule has 1 aromatic carbocycles. The largest absolute Gasteiger partial charge is 0.387 e. The lowest BCUT2D eigenvalue weighted by Gasteiger charge is -2.22. The van der Waals surface area contributed by atoms with E-state index < -0.39 is 6.10 Å². The first-order valence-corrected chi connectivity index (χ1v) is 6.75. The zero-order chi connectivity index (χ0) is 12.3. The van der Waals surface area contributed by atoms with Gasteiger partial charge in [-0.3, -0.25) is 0 Å². The zero-order valence-corrected chi connectivity index (χ0v) is 10.9. The normalized spacial score (nSPS) is 18.5. The standard InChI is InChI=1S/C15H23NO/c1-3-16-11(2)15(17)14-9-8-12-6-4-5-7-13(12)10-14/h8-11,15-17H,3-7H2,1-2H3. The fourth-order valence-corrected chi connectivity index (χ4v) is 2.66.